The average molecular weight is 452 g/mol. The van der Waals surface area contributed by atoms with Crippen molar-refractivity contribution in [3.8, 4) is 5.75 Å². The first-order valence-corrected chi connectivity index (χ1v) is 10.9. The van der Waals surface area contributed by atoms with Crippen molar-refractivity contribution in [1.82, 2.24) is 9.88 Å². The van der Waals surface area contributed by atoms with Crippen LogP contribution in [0.5, 0.6) is 5.75 Å². The Hall–Kier alpha value is -1.86. The molecule has 8 heteroatoms. The number of rotatable bonds is 8. The fourth-order valence-electron chi connectivity index (χ4n) is 2.93. The highest BCUT2D eigenvalue weighted by molar-refractivity contribution is 7.22. The number of ether oxygens (including phenoxy) is 1. The lowest BCUT2D eigenvalue weighted by molar-refractivity contribution is 0.0986. The number of nitrogens with zero attached hydrogens (tertiary/aromatic N) is 3. The zero-order valence-electron chi connectivity index (χ0n) is 16.6. The quantitative estimate of drug-likeness (QED) is 0.446. The molecule has 0 radical (unpaired) electrons. The van der Waals surface area contributed by atoms with E-state index in [2.05, 4.69) is 4.90 Å². The van der Waals surface area contributed by atoms with Gasteiger partial charge in [-0.2, -0.15) is 0 Å². The molecule has 0 saturated heterocycles. The lowest BCUT2D eigenvalue weighted by Gasteiger charge is -2.21. The molecule has 0 atom stereocenters. The lowest BCUT2D eigenvalue weighted by Crippen LogP contribution is -2.33. The third kappa shape index (κ3) is 5.20. The van der Waals surface area contributed by atoms with Gasteiger partial charge >= 0.3 is 0 Å². The standard InChI is InChI=1S/C21H23Cl2N3O2S/c1-4-28-17-7-5-8-18-19(17)24-21(29-18)26(12-6-11-25(2)3)20(27)15-13-14(22)9-10-16(15)23/h5,7-10,13H,4,6,11-12H2,1-3H3. The smallest absolute Gasteiger partial charge is 0.261 e. The van der Waals surface area contributed by atoms with Crippen molar-refractivity contribution < 1.29 is 9.53 Å². The molecule has 0 aliphatic heterocycles. The van der Waals surface area contributed by atoms with Crippen molar-refractivity contribution in [2.75, 3.05) is 38.7 Å². The van der Waals surface area contributed by atoms with Gasteiger partial charge in [0.1, 0.15) is 11.3 Å². The van der Waals surface area contributed by atoms with Crippen LogP contribution in [0.1, 0.15) is 23.7 Å². The van der Waals surface area contributed by atoms with E-state index < -0.39 is 0 Å². The van der Waals surface area contributed by atoms with Gasteiger partial charge in [0.05, 0.1) is 21.9 Å². The van der Waals surface area contributed by atoms with Gasteiger partial charge < -0.3 is 9.64 Å². The van der Waals surface area contributed by atoms with Gasteiger partial charge in [0.2, 0.25) is 0 Å². The van der Waals surface area contributed by atoms with E-state index >= 15 is 0 Å². The number of fused-ring (bicyclic) bond motifs is 1. The first-order valence-electron chi connectivity index (χ1n) is 9.34. The molecule has 1 aromatic heterocycles. The summed E-state index contributed by atoms with van der Waals surface area (Å²) in [4.78, 5) is 21.9. The summed E-state index contributed by atoms with van der Waals surface area (Å²) in [5, 5.41) is 1.45. The fourth-order valence-corrected chi connectivity index (χ4v) is 4.31. The monoisotopic (exact) mass is 451 g/mol. The summed E-state index contributed by atoms with van der Waals surface area (Å²) < 4.78 is 6.67. The Morgan fingerprint density at radius 2 is 1.97 bits per heavy atom. The van der Waals surface area contributed by atoms with Gasteiger partial charge in [0.25, 0.3) is 5.91 Å². The Labute approximate surface area is 184 Å². The van der Waals surface area contributed by atoms with E-state index in [-0.39, 0.29) is 5.91 Å². The Balaban J connectivity index is 2.01. The predicted octanol–water partition coefficient (Wildman–Crippen LogP) is 5.60. The maximum atomic E-state index is 13.4. The summed E-state index contributed by atoms with van der Waals surface area (Å²) in [6, 6.07) is 10.7. The van der Waals surface area contributed by atoms with E-state index in [1.54, 1.807) is 23.1 Å². The van der Waals surface area contributed by atoms with Crippen LogP contribution in [0.4, 0.5) is 5.13 Å². The molecule has 3 aromatic rings. The van der Waals surface area contributed by atoms with E-state index in [1.165, 1.54) is 11.3 Å². The molecule has 0 fully saturated rings. The van der Waals surface area contributed by atoms with Gasteiger partial charge in [0, 0.05) is 11.6 Å². The number of para-hydroxylation sites is 1. The SMILES string of the molecule is CCOc1cccc2sc(N(CCCN(C)C)C(=O)c3cc(Cl)ccc3Cl)nc12. The van der Waals surface area contributed by atoms with Crippen LogP contribution in [-0.4, -0.2) is 49.6 Å². The van der Waals surface area contributed by atoms with Gasteiger partial charge in [-0.1, -0.05) is 40.6 Å². The maximum Gasteiger partial charge on any atom is 0.261 e. The van der Waals surface area contributed by atoms with Crippen molar-refractivity contribution in [3.63, 3.8) is 0 Å². The number of anilines is 1. The number of thiazole rings is 1. The highest BCUT2D eigenvalue weighted by Crippen LogP contribution is 2.35. The minimum atomic E-state index is -0.215. The maximum absolute atomic E-state index is 13.4. The molecule has 29 heavy (non-hydrogen) atoms. The second-order valence-corrected chi connectivity index (χ2v) is 8.62. The minimum Gasteiger partial charge on any atom is -0.492 e. The molecule has 154 valence electrons. The highest BCUT2D eigenvalue weighted by atomic mass is 35.5. The predicted molar refractivity (Wildman–Crippen MR) is 122 cm³/mol. The van der Waals surface area contributed by atoms with E-state index in [9.17, 15) is 4.79 Å². The highest BCUT2D eigenvalue weighted by Gasteiger charge is 2.24. The van der Waals surface area contributed by atoms with Crippen LogP contribution < -0.4 is 9.64 Å². The number of carbonyl (C=O) groups is 1. The molecule has 1 amide bonds. The summed E-state index contributed by atoms with van der Waals surface area (Å²) in [6.07, 6.45) is 0.797. The van der Waals surface area contributed by atoms with Gasteiger partial charge in [0.15, 0.2) is 5.13 Å². The Kier molecular flexibility index (Phi) is 7.35. The van der Waals surface area contributed by atoms with Crippen LogP contribution in [0, 0.1) is 0 Å². The average Bonchev–Trinajstić information content (AvgIpc) is 3.11. The number of halogens is 2. The largest absolute Gasteiger partial charge is 0.492 e. The molecule has 0 aliphatic rings. The molecular formula is C21H23Cl2N3O2S. The van der Waals surface area contributed by atoms with Crippen molar-refractivity contribution in [2.45, 2.75) is 13.3 Å². The summed E-state index contributed by atoms with van der Waals surface area (Å²) in [6.45, 7) is 3.85. The molecular weight excluding hydrogens is 429 g/mol. The number of hydrogen-bond donors (Lipinski definition) is 0. The van der Waals surface area contributed by atoms with Crippen LogP contribution in [-0.2, 0) is 0 Å². The van der Waals surface area contributed by atoms with Crippen molar-refractivity contribution in [1.29, 1.82) is 0 Å². The topological polar surface area (TPSA) is 45.7 Å². The third-order valence-corrected chi connectivity index (χ3v) is 5.90. The summed E-state index contributed by atoms with van der Waals surface area (Å²) in [7, 11) is 4.01. The normalized spacial score (nSPS) is 11.2. The number of benzene rings is 2. The Morgan fingerprint density at radius 3 is 2.69 bits per heavy atom. The van der Waals surface area contributed by atoms with Crippen molar-refractivity contribution >= 4 is 55.8 Å². The second kappa shape index (κ2) is 9.76. The van der Waals surface area contributed by atoms with Crippen molar-refractivity contribution in [3.05, 3.63) is 52.0 Å². The molecule has 3 rings (SSSR count). The Morgan fingerprint density at radius 1 is 1.17 bits per heavy atom. The van der Waals surface area contributed by atoms with Gasteiger partial charge in [-0.25, -0.2) is 4.98 Å². The number of amides is 1. The second-order valence-electron chi connectivity index (χ2n) is 6.77. The number of hydrogen-bond acceptors (Lipinski definition) is 5. The van der Waals surface area contributed by atoms with Crippen LogP contribution in [0.3, 0.4) is 0 Å². The molecule has 0 unspecified atom stereocenters. The van der Waals surface area contributed by atoms with Crippen molar-refractivity contribution in [2.24, 2.45) is 0 Å². The summed E-state index contributed by atoms with van der Waals surface area (Å²) >= 11 is 13.9. The number of aromatic nitrogens is 1. The van der Waals surface area contributed by atoms with Gasteiger partial charge in [-0.05, 0) is 64.3 Å². The molecule has 0 spiro atoms. The summed E-state index contributed by atoms with van der Waals surface area (Å²) in [5.41, 5.74) is 1.13. The van der Waals surface area contributed by atoms with Gasteiger partial charge in [-0.15, -0.1) is 0 Å². The molecule has 2 aromatic carbocycles. The van der Waals surface area contributed by atoms with Crippen LogP contribution in [0.25, 0.3) is 10.2 Å². The molecule has 0 N–H and O–H groups in total. The van der Waals surface area contributed by atoms with E-state index in [4.69, 9.17) is 32.9 Å². The number of carbonyl (C=O) groups excluding carboxylic acids is 1. The van der Waals surface area contributed by atoms with Gasteiger partial charge in [-0.3, -0.25) is 9.69 Å². The van der Waals surface area contributed by atoms with E-state index in [0.717, 1.165) is 23.2 Å². The van der Waals surface area contributed by atoms with E-state index in [0.29, 0.717) is 39.6 Å². The first-order chi connectivity index (χ1) is 13.9. The fraction of sp³-hybridized carbons (Fsp3) is 0.333. The molecule has 0 aliphatic carbocycles. The van der Waals surface area contributed by atoms with Crippen LogP contribution in [0.15, 0.2) is 36.4 Å². The van der Waals surface area contributed by atoms with Crippen LogP contribution in [0.2, 0.25) is 10.0 Å². The summed E-state index contributed by atoms with van der Waals surface area (Å²) in [5.74, 6) is 0.502. The third-order valence-electron chi connectivity index (χ3n) is 4.29. The molecule has 1 heterocycles. The van der Waals surface area contributed by atoms with Crippen LogP contribution >= 0.6 is 34.5 Å². The zero-order valence-corrected chi connectivity index (χ0v) is 18.9. The Bertz CT molecular complexity index is 1010. The molecule has 0 saturated carbocycles. The minimum absolute atomic E-state index is 0.215. The first kappa shape index (κ1) is 21.8. The molecule has 5 nitrogen and oxygen atoms in total. The van der Waals surface area contributed by atoms with E-state index in [1.807, 2.05) is 39.2 Å². The molecule has 0 bridgehead atoms. The zero-order chi connectivity index (χ0) is 21.0. The lowest BCUT2D eigenvalue weighted by atomic mass is 10.2.